The van der Waals surface area contributed by atoms with Gasteiger partial charge in [-0.3, -0.25) is 14.6 Å². The number of hydrogen-bond acceptors (Lipinski definition) is 5. The van der Waals surface area contributed by atoms with Gasteiger partial charge in [0, 0.05) is 38.4 Å². The van der Waals surface area contributed by atoms with Crippen molar-refractivity contribution in [2.75, 3.05) is 52.3 Å². The topological polar surface area (TPSA) is 54.0 Å². The lowest BCUT2D eigenvalue weighted by Crippen LogP contribution is -2.48. The number of aryl methyl sites for hydroxylation is 4. The maximum absolute atomic E-state index is 12.6. The quantitative estimate of drug-likeness (QED) is 0.733. The predicted octanol–water partition coefficient (Wildman–Crippen LogP) is 3.69. The second kappa shape index (κ2) is 10.2. The Bertz CT molecular complexity index is 911. The number of anilines is 1. The van der Waals surface area contributed by atoms with Crippen molar-refractivity contribution in [1.82, 2.24) is 9.80 Å². The minimum absolute atomic E-state index is 0.0549. The second-order valence-corrected chi connectivity index (χ2v) is 8.51. The average molecular weight is 426 g/mol. The van der Waals surface area contributed by atoms with Crippen LogP contribution in [-0.2, 0) is 11.3 Å². The maximum Gasteiger partial charge on any atom is 0.238 e. The van der Waals surface area contributed by atoms with Crippen molar-refractivity contribution in [1.29, 1.82) is 0 Å². The van der Waals surface area contributed by atoms with Crippen LogP contribution in [0.3, 0.4) is 0 Å². The number of nitrogens with one attached hydrogen (secondary N) is 1. The number of methoxy groups -OCH3 is 2. The van der Waals surface area contributed by atoms with Crippen LogP contribution < -0.4 is 14.8 Å². The Morgan fingerprint density at radius 3 is 1.97 bits per heavy atom. The Morgan fingerprint density at radius 1 is 0.839 bits per heavy atom. The van der Waals surface area contributed by atoms with E-state index in [0.717, 1.165) is 61.0 Å². The summed E-state index contributed by atoms with van der Waals surface area (Å²) in [5, 5.41) is 3.12. The van der Waals surface area contributed by atoms with Crippen LogP contribution in [-0.4, -0.2) is 62.7 Å². The zero-order chi connectivity index (χ0) is 22.5. The summed E-state index contributed by atoms with van der Waals surface area (Å²) >= 11 is 0. The van der Waals surface area contributed by atoms with Crippen molar-refractivity contribution in [2.45, 2.75) is 34.2 Å². The van der Waals surface area contributed by atoms with Gasteiger partial charge in [0.05, 0.1) is 20.8 Å². The molecule has 0 saturated carbocycles. The fourth-order valence-corrected chi connectivity index (χ4v) is 4.30. The summed E-state index contributed by atoms with van der Waals surface area (Å²) in [6.45, 7) is 13.2. The molecule has 0 radical (unpaired) electrons. The summed E-state index contributed by atoms with van der Waals surface area (Å²) in [7, 11) is 3.33. The second-order valence-electron chi connectivity index (χ2n) is 8.51. The molecule has 6 nitrogen and oxygen atoms in total. The highest BCUT2D eigenvalue weighted by atomic mass is 16.5. The van der Waals surface area contributed by atoms with Gasteiger partial charge in [0.25, 0.3) is 0 Å². The van der Waals surface area contributed by atoms with E-state index in [4.69, 9.17) is 9.47 Å². The monoisotopic (exact) mass is 425 g/mol. The van der Waals surface area contributed by atoms with E-state index in [-0.39, 0.29) is 5.91 Å². The first-order valence-corrected chi connectivity index (χ1v) is 10.8. The van der Waals surface area contributed by atoms with Gasteiger partial charge < -0.3 is 14.8 Å². The zero-order valence-electron chi connectivity index (χ0n) is 19.7. The summed E-state index contributed by atoms with van der Waals surface area (Å²) in [6.07, 6.45) is 0. The van der Waals surface area contributed by atoms with Crippen LogP contribution >= 0.6 is 0 Å². The highest BCUT2D eigenvalue weighted by Gasteiger charge is 2.21. The smallest absolute Gasteiger partial charge is 0.238 e. The van der Waals surface area contributed by atoms with Gasteiger partial charge in [0.2, 0.25) is 5.91 Å². The molecule has 1 aliphatic heterocycles. The maximum atomic E-state index is 12.6. The zero-order valence-corrected chi connectivity index (χ0v) is 19.7. The molecule has 1 N–H and O–H groups in total. The van der Waals surface area contributed by atoms with Crippen LogP contribution in [0, 0.1) is 27.7 Å². The van der Waals surface area contributed by atoms with Gasteiger partial charge in [-0.1, -0.05) is 17.7 Å². The Kier molecular flexibility index (Phi) is 7.57. The lowest BCUT2D eigenvalue weighted by atomic mass is 10.1. The van der Waals surface area contributed by atoms with Crippen molar-refractivity contribution in [2.24, 2.45) is 0 Å². The molecule has 1 amide bonds. The van der Waals surface area contributed by atoms with Gasteiger partial charge in [-0.2, -0.15) is 0 Å². The van der Waals surface area contributed by atoms with Gasteiger partial charge in [-0.25, -0.2) is 0 Å². The van der Waals surface area contributed by atoms with Crippen LogP contribution in [0.2, 0.25) is 0 Å². The lowest BCUT2D eigenvalue weighted by molar-refractivity contribution is -0.117. The molecule has 1 heterocycles. The largest absolute Gasteiger partial charge is 0.493 e. The molecule has 1 aliphatic rings. The number of piperazine rings is 1. The van der Waals surface area contributed by atoms with E-state index in [0.29, 0.717) is 6.54 Å². The fourth-order valence-electron chi connectivity index (χ4n) is 4.30. The summed E-state index contributed by atoms with van der Waals surface area (Å²) < 4.78 is 10.9. The molecule has 2 aromatic carbocycles. The summed E-state index contributed by atoms with van der Waals surface area (Å²) in [5.41, 5.74) is 6.83. The van der Waals surface area contributed by atoms with Crippen molar-refractivity contribution < 1.29 is 14.3 Å². The molecule has 0 aliphatic carbocycles. The first-order chi connectivity index (χ1) is 14.8. The standard InChI is InChI=1S/C25H35N3O3/c1-17-11-19(3)25(20(4)12-17)26-24(29)16-28-9-7-27(8-10-28)15-21-14-23(31-6)22(30-5)13-18(21)2/h11-14H,7-10,15-16H2,1-6H3,(H,26,29). The van der Waals surface area contributed by atoms with E-state index in [1.54, 1.807) is 14.2 Å². The third-order valence-corrected chi connectivity index (χ3v) is 6.01. The molecule has 0 aromatic heterocycles. The summed E-state index contributed by atoms with van der Waals surface area (Å²) in [5.74, 6) is 1.58. The molecule has 0 spiro atoms. The van der Waals surface area contributed by atoms with Crippen LogP contribution in [0.25, 0.3) is 0 Å². The molecule has 168 valence electrons. The van der Waals surface area contributed by atoms with E-state index in [1.165, 1.54) is 16.7 Å². The molecule has 0 atom stereocenters. The van der Waals surface area contributed by atoms with Gasteiger partial charge in [0.1, 0.15) is 0 Å². The fraction of sp³-hybridized carbons (Fsp3) is 0.480. The first-order valence-electron chi connectivity index (χ1n) is 10.8. The number of carbonyl (C=O) groups excluding carboxylic acids is 1. The molecule has 2 aromatic rings. The molecule has 0 unspecified atom stereocenters. The minimum atomic E-state index is 0.0549. The molecule has 0 bridgehead atoms. The normalized spacial score (nSPS) is 15.0. The highest BCUT2D eigenvalue weighted by Crippen LogP contribution is 2.31. The van der Waals surface area contributed by atoms with Gasteiger partial charge in [-0.05, 0) is 62.1 Å². The van der Waals surface area contributed by atoms with Crippen molar-refractivity contribution >= 4 is 11.6 Å². The van der Waals surface area contributed by atoms with Crippen molar-refractivity contribution in [3.63, 3.8) is 0 Å². The number of nitrogens with zero attached hydrogens (tertiary/aromatic N) is 2. The lowest BCUT2D eigenvalue weighted by Gasteiger charge is -2.34. The Labute approximate surface area is 186 Å². The minimum Gasteiger partial charge on any atom is -0.493 e. The highest BCUT2D eigenvalue weighted by molar-refractivity contribution is 5.93. The van der Waals surface area contributed by atoms with E-state index >= 15 is 0 Å². The van der Waals surface area contributed by atoms with Crippen LogP contribution in [0.1, 0.15) is 27.8 Å². The van der Waals surface area contributed by atoms with Crippen LogP contribution in [0.5, 0.6) is 11.5 Å². The van der Waals surface area contributed by atoms with Crippen LogP contribution in [0.4, 0.5) is 5.69 Å². The SMILES string of the molecule is COc1cc(C)c(CN2CCN(CC(=O)Nc3c(C)cc(C)cc3C)CC2)cc1OC. The Balaban J connectivity index is 1.53. The molecule has 6 heteroatoms. The Morgan fingerprint density at radius 2 is 1.39 bits per heavy atom. The number of rotatable bonds is 7. The van der Waals surface area contributed by atoms with E-state index in [9.17, 15) is 4.79 Å². The van der Waals surface area contributed by atoms with Crippen LogP contribution in [0.15, 0.2) is 24.3 Å². The third-order valence-electron chi connectivity index (χ3n) is 6.01. The molecule has 3 rings (SSSR count). The summed E-state index contributed by atoms with van der Waals surface area (Å²) in [4.78, 5) is 17.3. The number of benzene rings is 2. The number of carbonyl (C=O) groups is 1. The van der Waals surface area contributed by atoms with E-state index in [1.807, 2.05) is 19.9 Å². The number of hydrogen-bond donors (Lipinski definition) is 1. The third kappa shape index (κ3) is 5.77. The number of amides is 1. The van der Waals surface area contributed by atoms with Crippen molar-refractivity contribution in [3.8, 4) is 11.5 Å². The van der Waals surface area contributed by atoms with Gasteiger partial charge in [0.15, 0.2) is 11.5 Å². The molecular weight excluding hydrogens is 390 g/mol. The summed E-state index contributed by atoms with van der Waals surface area (Å²) in [6, 6.07) is 8.32. The predicted molar refractivity (Wildman–Crippen MR) is 125 cm³/mol. The molecular formula is C25H35N3O3. The first kappa shape index (κ1) is 23.1. The molecule has 1 saturated heterocycles. The van der Waals surface area contributed by atoms with E-state index < -0.39 is 0 Å². The molecule has 1 fully saturated rings. The van der Waals surface area contributed by atoms with Gasteiger partial charge >= 0.3 is 0 Å². The number of ether oxygens (including phenoxy) is 2. The Hall–Kier alpha value is -2.57. The van der Waals surface area contributed by atoms with Crippen molar-refractivity contribution in [3.05, 3.63) is 52.1 Å². The van der Waals surface area contributed by atoms with E-state index in [2.05, 4.69) is 47.2 Å². The average Bonchev–Trinajstić information content (AvgIpc) is 2.73. The van der Waals surface area contributed by atoms with Gasteiger partial charge in [-0.15, -0.1) is 0 Å². The molecule has 31 heavy (non-hydrogen) atoms.